The molecule has 0 saturated carbocycles. The Labute approximate surface area is 114 Å². The van der Waals surface area contributed by atoms with Crippen LogP contribution in [-0.4, -0.2) is 42.3 Å². The third-order valence-electron chi connectivity index (χ3n) is 3.05. The summed E-state index contributed by atoms with van der Waals surface area (Å²) in [5, 5.41) is 10.7. The molecule has 0 aliphatic carbocycles. The van der Waals surface area contributed by atoms with Crippen LogP contribution >= 0.6 is 0 Å². The number of aromatic nitrogens is 2. The van der Waals surface area contributed by atoms with E-state index in [0.717, 1.165) is 31.7 Å². The topological polar surface area (TPSA) is 44.0 Å². The molecule has 1 aromatic carbocycles. The van der Waals surface area contributed by atoms with E-state index in [0.29, 0.717) is 0 Å². The first-order chi connectivity index (χ1) is 9.27. The molecule has 2 N–H and O–H groups in total. The highest BCUT2D eigenvalue weighted by molar-refractivity contribution is 5.62. The Morgan fingerprint density at radius 3 is 2.74 bits per heavy atom. The van der Waals surface area contributed by atoms with E-state index in [4.69, 9.17) is 0 Å². The molecule has 0 amide bonds. The van der Waals surface area contributed by atoms with Crippen LogP contribution in [0.4, 0.5) is 0 Å². The maximum absolute atomic E-state index is 4.15. The zero-order chi connectivity index (χ0) is 13.5. The third-order valence-corrected chi connectivity index (χ3v) is 3.05. The lowest BCUT2D eigenvalue weighted by molar-refractivity contribution is 0.394. The van der Waals surface area contributed by atoms with Crippen LogP contribution < -0.4 is 5.32 Å². The first-order valence-electron chi connectivity index (χ1n) is 6.70. The van der Waals surface area contributed by atoms with E-state index in [-0.39, 0.29) is 0 Å². The van der Waals surface area contributed by atoms with Gasteiger partial charge in [-0.3, -0.25) is 5.10 Å². The second-order valence-electron chi connectivity index (χ2n) is 4.97. The number of rotatable bonds is 7. The molecule has 0 unspecified atom stereocenters. The zero-order valence-corrected chi connectivity index (χ0v) is 11.7. The first-order valence-corrected chi connectivity index (χ1v) is 6.70. The van der Waals surface area contributed by atoms with Crippen molar-refractivity contribution < 1.29 is 0 Å². The van der Waals surface area contributed by atoms with Gasteiger partial charge in [0.2, 0.25) is 0 Å². The molecule has 0 radical (unpaired) electrons. The van der Waals surface area contributed by atoms with Crippen LogP contribution in [-0.2, 0) is 6.54 Å². The number of hydrogen-bond acceptors (Lipinski definition) is 3. The Balaban J connectivity index is 1.87. The van der Waals surface area contributed by atoms with Crippen molar-refractivity contribution in [1.82, 2.24) is 20.4 Å². The lowest BCUT2D eigenvalue weighted by atomic mass is 10.1. The van der Waals surface area contributed by atoms with Crippen molar-refractivity contribution >= 4 is 0 Å². The summed E-state index contributed by atoms with van der Waals surface area (Å²) in [6.45, 7) is 3.00. The van der Waals surface area contributed by atoms with Gasteiger partial charge in [0.1, 0.15) is 0 Å². The summed E-state index contributed by atoms with van der Waals surface area (Å²) in [5.74, 6) is 0. The fourth-order valence-corrected chi connectivity index (χ4v) is 2.04. The molecule has 0 aliphatic heterocycles. The highest BCUT2D eigenvalue weighted by atomic mass is 15.1. The van der Waals surface area contributed by atoms with Crippen LogP contribution in [0.2, 0.25) is 0 Å². The number of nitrogens with one attached hydrogen (secondary N) is 2. The van der Waals surface area contributed by atoms with E-state index in [2.05, 4.69) is 46.6 Å². The molecule has 102 valence electrons. The van der Waals surface area contributed by atoms with Gasteiger partial charge in [-0.15, -0.1) is 0 Å². The average Bonchev–Trinajstić information content (AvgIpc) is 2.87. The highest BCUT2D eigenvalue weighted by Crippen LogP contribution is 2.20. The van der Waals surface area contributed by atoms with Gasteiger partial charge in [-0.05, 0) is 39.2 Å². The molecular weight excluding hydrogens is 236 g/mol. The lowest BCUT2D eigenvalue weighted by Gasteiger charge is -2.10. The molecule has 4 nitrogen and oxygen atoms in total. The minimum Gasteiger partial charge on any atom is -0.312 e. The summed E-state index contributed by atoms with van der Waals surface area (Å²) in [4.78, 5) is 2.20. The van der Waals surface area contributed by atoms with Crippen LogP contribution in [0.25, 0.3) is 11.3 Å². The van der Waals surface area contributed by atoms with Crippen molar-refractivity contribution in [1.29, 1.82) is 0 Å². The lowest BCUT2D eigenvalue weighted by Crippen LogP contribution is -2.21. The summed E-state index contributed by atoms with van der Waals surface area (Å²) >= 11 is 0. The van der Waals surface area contributed by atoms with Crippen molar-refractivity contribution in [3.8, 4) is 11.3 Å². The van der Waals surface area contributed by atoms with E-state index in [9.17, 15) is 0 Å². The normalized spacial score (nSPS) is 11.1. The van der Waals surface area contributed by atoms with Gasteiger partial charge in [-0.1, -0.05) is 30.3 Å². The van der Waals surface area contributed by atoms with Gasteiger partial charge >= 0.3 is 0 Å². The summed E-state index contributed by atoms with van der Waals surface area (Å²) in [7, 11) is 4.20. The molecule has 1 aromatic heterocycles. The number of nitrogens with zero attached hydrogens (tertiary/aromatic N) is 2. The minimum atomic E-state index is 0.855. The second-order valence-corrected chi connectivity index (χ2v) is 4.97. The quantitative estimate of drug-likeness (QED) is 0.748. The van der Waals surface area contributed by atoms with Gasteiger partial charge in [0.05, 0.1) is 11.9 Å². The minimum absolute atomic E-state index is 0.855. The van der Waals surface area contributed by atoms with Gasteiger partial charge in [-0.25, -0.2) is 0 Å². The fourth-order valence-electron chi connectivity index (χ4n) is 2.04. The second kappa shape index (κ2) is 7.07. The Morgan fingerprint density at radius 1 is 1.21 bits per heavy atom. The highest BCUT2D eigenvalue weighted by Gasteiger charge is 2.06. The van der Waals surface area contributed by atoms with Gasteiger partial charge in [0.25, 0.3) is 0 Å². The third kappa shape index (κ3) is 4.19. The number of aromatic amines is 1. The Hall–Kier alpha value is -1.65. The number of benzene rings is 1. The molecule has 19 heavy (non-hydrogen) atoms. The van der Waals surface area contributed by atoms with E-state index >= 15 is 0 Å². The largest absolute Gasteiger partial charge is 0.312 e. The van der Waals surface area contributed by atoms with Crippen LogP contribution in [0.3, 0.4) is 0 Å². The monoisotopic (exact) mass is 258 g/mol. The zero-order valence-electron chi connectivity index (χ0n) is 11.7. The number of hydrogen-bond donors (Lipinski definition) is 2. The predicted molar refractivity (Wildman–Crippen MR) is 78.9 cm³/mol. The van der Waals surface area contributed by atoms with E-state index in [1.165, 1.54) is 11.1 Å². The summed E-state index contributed by atoms with van der Waals surface area (Å²) in [6.07, 6.45) is 3.06. The molecular formula is C15H22N4. The molecule has 2 aromatic rings. The Bertz CT molecular complexity index is 476. The summed E-state index contributed by atoms with van der Waals surface area (Å²) in [5.41, 5.74) is 3.52. The Kier molecular flexibility index (Phi) is 5.12. The predicted octanol–water partition coefficient (Wildman–Crippen LogP) is 2.12. The first kappa shape index (κ1) is 13.8. The summed E-state index contributed by atoms with van der Waals surface area (Å²) in [6, 6.07) is 10.3. The molecule has 0 fully saturated rings. The SMILES string of the molecule is CN(C)CCCNCc1cn[nH]c1-c1ccccc1. The van der Waals surface area contributed by atoms with Crippen LogP contribution in [0.5, 0.6) is 0 Å². The number of H-pyrrole nitrogens is 1. The average molecular weight is 258 g/mol. The van der Waals surface area contributed by atoms with E-state index < -0.39 is 0 Å². The molecule has 2 rings (SSSR count). The molecule has 0 aliphatic rings. The fraction of sp³-hybridized carbons (Fsp3) is 0.400. The maximum Gasteiger partial charge on any atom is 0.0695 e. The molecule has 4 heteroatoms. The molecule has 1 heterocycles. The van der Waals surface area contributed by atoms with Crippen LogP contribution in [0.15, 0.2) is 36.5 Å². The van der Waals surface area contributed by atoms with Crippen molar-refractivity contribution in [3.05, 3.63) is 42.1 Å². The van der Waals surface area contributed by atoms with Crippen molar-refractivity contribution in [2.45, 2.75) is 13.0 Å². The van der Waals surface area contributed by atoms with Gasteiger partial charge < -0.3 is 10.2 Å². The van der Waals surface area contributed by atoms with E-state index in [1.54, 1.807) is 0 Å². The molecule has 0 atom stereocenters. The van der Waals surface area contributed by atoms with Crippen molar-refractivity contribution in [2.75, 3.05) is 27.2 Å². The van der Waals surface area contributed by atoms with Gasteiger partial charge in [-0.2, -0.15) is 5.10 Å². The smallest absolute Gasteiger partial charge is 0.0695 e. The van der Waals surface area contributed by atoms with Crippen LogP contribution in [0.1, 0.15) is 12.0 Å². The van der Waals surface area contributed by atoms with Gasteiger partial charge in [0.15, 0.2) is 0 Å². The summed E-state index contributed by atoms with van der Waals surface area (Å²) < 4.78 is 0. The van der Waals surface area contributed by atoms with Gasteiger partial charge in [0, 0.05) is 12.1 Å². The van der Waals surface area contributed by atoms with E-state index in [1.807, 2.05) is 24.4 Å². The standard InChI is InChI=1S/C15H22N4/c1-19(2)10-6-9-16-11-14-12-17-18-15(14)13-7-4-3-5-8-13/h3-5,7-8,12,16H,6,9-11H2,1-2H3,(H,17,18). The van der Waals surface area contributed by atoms with Crippen molar-refractivity contribution in [3.63, 3.8) is 0 Å². The maximum atomic E-state index is 4.15. The molecule has 0 spiro atoms. The molecule has 0 saturated heterocycles. The van der Waals surface area contributed by atoms with Crippen molar-refractivity contribution in [2.24, 2.45) is 0 Å². The molecule has 0 bridgehead atoms. The van der Waals surface area contributed by atoms with Crippen LogP contribution in [0, 0.1) is 0 Å². The Morgan fingerprint density at radius 2 is 2.00 bits per heavy atom.